The molecule has 1 heterocycles. The number of nitrogens with two attached hydrogens (primary N) is 1. The van der Waals surface area contributed by atoms with Crippen LogP contribution in [0.5, 0.6) is 11.5 Å². The lowest BCUT2D eigenvalue weighted by Crippen LogP contribution is -2.54. The lowest BCUT2D eigenvalue weighted by atomic mass is 10.0. The summed E-state index contributed by atoms with van der Waals surface area (Å²) >= 11 is 0. The van der Waals surface area contributed by atoms with Crippen LogP contribution in [0.1, 0.15) is 38.1 Å². The second-order valence-corrected chi connectivity index (χ2v) is 6.32. The fourth-order valence-corrected chi connectivity index (χ4v) is 2.40. The number of ether oxygens (including phenoxy) is 2. The molecule has 1 aromatic carbocycles. The summed E-state index contributed by atoms with van der Waals surface area (Å²) in [7, 11) is 0. The molecule has 0 saturated carbocycles. The number of nitrogens with one attached hydrogen (secondary N) is 2. The van der Waals surface area contributed by atoms with Gasteiger partial charge in [0.25, 0.3) is 0 Å². The molecule has 4 N–H and O–H groups in total. The summed E-state index contributed by atoms with van der Waals surface area (Å²) in [4.78, 5) is 24.5. The standard InChI is InChI=1S/C17H25N3O4/c1-9(2)15(18)17(22)20-11(4)19-10(3)16(21)12-5-6-13-14(7-12)24-8-23-13/h5-7,9-11,15,19H,8,18H2,1-4H3,(H,20,22). The molecule has 24 heavy (non-hydrogen) atoms. The van der Waals surface area contributed by atoms with Crippen LogP contribution in [0, 0.1) is 5.92 Å². The van der Waals surface area contributed by atoms with Gasteiger partial charge in [0.2, 0.25) is 12.7 Å². The highest BCUT2D eigenvalue weighted by Crippen LogP contribution is 2.32. The summed E-state index contributed by atoms with van der Waals surface area (Å²) in [5, 5.41) is 5.83. The van der Waals surface area contributed by atoms with Crippen molar-refractivity contribution in [2.24, 2.45) is 11.7 Å². The molecule has 0 saturated heterocycles. The number of benzene rings is 1. The molecule has 0 fully saturated rings. The molecule has 7 heteroatoms. The van der Waals surface area contributed by atoms with Crippen molar-refractivity contribution >= 4 is 11.7 Å². The van der Waals surface area contributed by atoms with Gasteiger partial charge in [-0.1, -0.05) is 13.8 Å². The van der Waals surface area contributed by atoms with E-state index in [0.29, 0.717) is 17.1 Å². The Bertz CT molecular complexity index is 618. The van der Waals surface area contributed by atoms with Crippen molar-refractivity contribution in [2.75, 3.05) is 6.79 Å². The van der Waals surface area contributed by atoms with Crippen LogP contribution in [-0.4, -0.2) is 36.7 Å². The highest BCUT2D eigenvalue weighted by Gasteiger charge is 2.23. The molecule has 0 spiro atoms. The first-order chi connectivity index (χ1) is 11.3. The monoisotopic (exact) mass is 335 g/mol. The van der Waals surface area contributed by atoms with Crippen molar-refractivity contribution < 1.29 is 19.1 Å². The van der Waals surface area contributed by atoms with Crippen molar-refractivity contribution in [1.82, 2.24) is 10.6 Å². The second kappa shape index (κ2) is 7.63. The lowest BCUT2D eigenvalue weighted by molar-refractivity contribution is -0.124. The minimum absolute atomic E-state index is 0.0462. The summed E-state index contributed by atoms with van der Waals surface area (Å²) in [5.74, 6) is 0.910. The van der Waals surface area contributed by atoms with E-state index < -0.39 is 12.1 Å². The molecule has 1 aromatic rings. The number of hydrogen-bond donors (Lipinski definition) is 3. The number of hydrogen-bond acceptors (Lipinski definition) is 6. The number of Topliss-reactive ketones (excluding diaryl/α,β-unsaturated/α-hetero) is 1. The predicted molar refractivity (Wildman–Crippen MR) is 89.9 cm³/mol. The van der Waals surface area contributed by atoms with Gasteiger partial charge in [0.15, 0.2) is 17.3 Å². The van der Waals surface area contributed by atoms with Crippen molar-refractivity contribution in [3.8, 4) is 11.5 Å². The van der Waals surface area contributed by atoms with Gasteiger partial charge in [0, 0.05) is 5.56 Å². The van der Waals surface area contributed by atoms with Crippen LogP contribution in [0.25, 0.3) is 0 Å². The molecule has 0 radical (unpaired) electrons. The molecule has 3 unspecified atom stereocenters. The van der Waals surface area contributed by atoms with Crippen molar-refractivity contribution in [3.63, 3.8) is 0 Å². The minimum atomic E-state index is -0.575. The van der Waals surface area contributed by atoms with E-state index >= 15 is 0 Å². The number of carbonyl (C=O) groups excluding carboxylic acids is 2. The SMILES string of the molecule is CC(NC(=O)C(N)C(C)C)NC(C)C(=O)c1ccc2c(c1)OCO2. The number of amides is 1. The minimum Gasteiger partial charge on any atom is -0.454 e. The predicted octanol–water partition coefficient (Wildman–Crippen LogP) is 1.02. The molecule has 7 nitrogen and oxygen atoms in total. The first kappa shape index (κ1) is 18.2. The van der Waals surface area contributed by atoms with E-state index in [4.69, 9.17) is 15.2 Å². The Hall–Kier alpha value is -2.12. The molecule has 0 bridgehead atoms. The van der Waals surface area contributed by atoms with Crippen LogP contribution >= 0.6 is 0 Å². The highest BCUT2D eigenvalue weighted by atomic mass is 16.7. The van der Waals surface area contributed by atoms with Gasteiger partial charge >= 0.3 is 0 Å². The molecule has 1 aliphatic rings. The molecular weight excluding hydrogens is 310 g/mol. The molecule has 0 aromatic heterocycles. The molecule has 3 atom stereocenters. The first-order valence-corrected chi connectivity index (χ1v) is 8.05. The maximum Gasteiger partial charge on any atom is 0.238 e. The summed E-state index contributed by atoms with van der Waals surface area (Å²) in [6.07, 6.45) is -0.379. The van der Waals surface area contributed by atoms with Crippen LogP contribution in [0.3, 0.4) is 0 Å². The number of ketones is 1. The molecule has 1 amide bonds. The van der Waals surface area contributed by atoms with Gasteiger partial charge in [-0.15, -0.1) is 0 Å². The van der Waals surface area contributed by atoms with Gasteiger partial charge < -0.3 is 20.5 Å². The zero-order chi connectivity index (χ0) is 17.9. The highest BCUT2D eigenvalue weighted by molar-refractivity contribution is 6.00. The van der Waals surface area contributed by atoms with Gasteiger partial charge in [0.1, 0.15) is 0 Å². The molecule has 2 rings (SSSR count). The quantitative estimate of drug-likeness (QED) is 0.508. The molecule has 1 aliphatic heterocycles. The zero-order valence-electron chi connectivity index (χ0n) is 14.5. The summed E-state index contributed by atoms with van der Waals surface area (Å²) in [6, 6.07) is 4.03. The van der Waals surface area contributed by atoms with E-state index in [1.165, 1.54) is 0 Å². The van der Waals surface area contributed by atoms with Gasteiger partial charge in [-0.05, 0) is 38.0 Å². The van der Waals surface area contributed by atoms with Crippen molar-refractivity contribution in [2.45, 2.75) is 45.9 Å². The van der Waals surface area contributed by atoms with Crippen LogP contribution < -0.4 is 25.8 Å². The Morgan fingerprint density at radius 2 is 1.79 bits per heavy atom. The Kier molecular flexibility index (Phi) is 5.80. The Balaban J connectivity index is 1.92. The fraction of sp³-hybridized carbons (Fsp3) is 0.529. The maximum atomic E-state index is 12.5. The largest absolute Gasteiger partial charge is 0.454 e. The lowest BCUT2D eigenvalue weighted by Gasteiger charge is -2.23. The van der Waals surface area contributed by atoms with E-state index in [2.05, 4.69) is 10.6 Å². The van der Waals surface area contributed by atoms with E-state index in [0.717, 1.165) is 0 Å². The Morgan fingerprint density at radius 1 is 1.12 bits per heavy atom. The average Bonchev–Trinajstić information content (AvgIpc) is 3.00. The van der Waals surface area contributed by atoms with Gasteiger partial charge in [-0.25, -0.2) is 0 Å². The first-order valence-electron chi connectivity index (χ1n) is 8.05. The fourth-order valence-electron chi connectivity index (χ4n) is 2.40. The second-order valence-electron chi connectivity index (χ2n) is 6.32. The van der Waals surface area contributed by atoms with Gasteiger partial charge in [-0.2, -0.15) is 0 Å². The van der Waals surface area contributed by atoms with Crippen LogP contribution in [-0.2, 0) is 4.79 Å². The topological polar surface area (TPSA) is 103 Å². The van der Waals surface area contributed by atoms with Crippen molar-refractivity contribution in [1.29, 1.82) is 0 Å². The smallest absolute Gasteiger partial charge is 0.238 e. The number of fused-ring (bicyclic) bond motifs is 1. The Labute approximate surface area is 141 Å². The summed E-state index contributed by atoms with van der Waals surface area (Å²) in [5.41, 5.74) is 6.33. The van der Waals surface area contributed by atoms with Crippen LogP contribution in [0.2, 0.25) is 0 Å². The van der Waals surface area contributed by atoms with E-state index in [1.807, 2.05) is 13.8 Å². The van der Waals surface area contributed by atoms with Crippen LogP contribution in [0.15, 0.2) is 18.2 Å². The van der Waals surface area contributed by atoms with Gasteiger partial charge in [0.05, 0.1) is 18.2 Å². The van der Waals surface area contributed by atoms with Crippen LogP contribution in [0.4, 0.5) is 0 Å². The van der Waals surface area contributed by atoms with E-state index in [1.54, 1.807) is 32.0 Å². The third-order valence-corrected chi connectivity index (χ3v) is 3.93. The average molecular weight is 335 g/mol. The molecule has 132 valence electrons. The van der Waals surface area contributed by atoms with Gasteiger partial charge in [-0.3, -0.25) is 14.9 Å². The zero-order valence-corrected chi connectivity index (χ0v) is 14.5. The number of carbonyl (C=O) groups is 2. The third-order valence-electron chi connectivity index (χ3n) is 3.93. The maximum absolute atomic E-state index is 12.5. The Morgan fingerprint density at radius 3 is 2.46 bits per heavy atom. The molecule has 0 aliphatic carbocycles. The normalized spacial score (nSPS) is 16.6. The molecular formula is C17H25N3O4. The van der Waals surface area contributed by atoms with E-state index in [-0.39, 0.29) is 30.6 Å². The van der Waals surface area contributed by atoms with E-state index in [9.17, 15) is 9.59 Å². The number of rotatable bonds is 7. The summed E-state index contributed by atoms with van der Waals surface area (Å²) < 4.78 is 10.5. The summed E-state index contributed by atoms with van der Waals surface area (Å²) in [6.45, 7) is 7.45. The third kappa shape index (κ3) is 4.24. The van der Waals surface area contributed by atoms with Crippen molar-refractivity contribution in [3.05, 3.63) is 23.8 Å².